The predicted molar refractivity (Wildman–Crippen MR) is 94.4 cm³/mol. The normalized spacial score (nSPS) is 10.7. The average molecular weight is 439 g/mol. The number of hydrogen-bond donors (Lipinski definition) is 2. The minimum absolute atomic E-state index is 0.281. The second-order valence-corrected chi connectivity index (χ2v) is 6.59. The molecule has 0 unspecified atom stereocenters. The molecule has 0 aliphatic carbocycles. The molecular weight excluding hydrogens is 426 g/mol. The van der Waals surface area contributed by atoms with Crippen LogP contribution < -0.4 is 5.32 Å². The molecule has 0 aliphatic rings. The van der Waals surface area contributed by atoms with E-state index in [1.54, 1.807) is 17.1 Å². The first-order valence-corrected chi connectivity index (χ1v) is 8.41. The van der Waals surface area contributed by atoms with Gasteiger partial charge in [0.05, 0.1) is 22.9 Å². The van der Waals surface area contributed by atoms with Crippen LogP contribution in [0, 0.1) is 6.92 Å². The van der Waals surface area contributed by atoms with Gasteiger partial charge in [0.25, 0.3) is 5.91 Å². The molecule has 0 radical (unpaired) electrons. The van der Waals surface area contributed by atoms with E-state index >= 15 is 0 Å². The smallest absolute Gasteiger partial charge is 0.277 e. The maximum atomic E-state index is 12.2. The fourth-order valence-corrected chi connectivity index (χ4v) is 2.76. The average Bonchev–Trinajstić information content (AvgIpc) is 3.09. The Morgan fingerprint density at radius 2 is 2.13 bits per heavy atom. The number of nitrogens with zero attached hydrogens (tertiary/aromatic N) is 3. The van der Waals surface area contributed by atoms with Crippen LogP contribution in [0.5, 0.6) is 0 Å². The molecule has 2 N–H and O–H groups in total. The number of benzene rings is 1. The molecule has 3 aromatic rings. The third-order valence-corrected chi connectivity index (χ3v) is 5.24. The van der Waals surface area contributed by atoms with Gasteiger partial charge >= 0.3 is 0 Å². The molecule has 2 heterocycles. The van der Waals surface area contributed by atoms with Gasteiger partial charge in [-0.15, -0.1) is 0 Å². The lowest BCUT2D eigenvalue weighted by Gasteiger charge is -2.05. The van der Waals surface area contributed by atoms with Crippen LogP contribution in [0.2, 0.25) is 0 Å². The molecule has 118 valence electrons. The molecule has 0 atom stereocenters. The van der Waals surface area contributed by atoms with Crippen LogP contribution in [0.4, 0.5) is 5.69 Å². The Kier molecular flexibility index (Phi) is 4.63. The zero-order valence-corrected chi connectivity index (χ0v) is 15.3. The number of anilines is 1. The van der Waals surface area contributed by atoms with Gasteiger partial charge in [-0.25, -0.2) is 0 Å². The van der Waals surface area contributed by atoms with Crippen LogP contribution in [0.15, 0.2) is 45.7 Å². The molecule has 0 bridgehead atoms. The first kappa shape index (κ1) is 15.9. The first-order valence-electron chi connectivity index (χ1n) is 6.82. The number of aryl methyl sites for hydroxylation is 1. The van der Waals surface area contributed by atoms with Crippen LogP contribution in [0.25, 0.3) is 0 Å². The molecule has 0 spiro atoms. The Morgan fingerprint density at radius 3 is 2.83 bits per heavy atom. The van der Waals surface area contributed by atoms with E-state index in [-0.39, 0.29) is 11.6 Å². The Morgan fingerprint density at radius 1 is 1.35 bits per heavy atom. The molecule has 8 heteroatoms. The van der Waals surface area contributed by atoms with Crippen molar-refractivity contribution in [3.05, 3.63) is 62.6 Å². The lowest BCUT2D eigenvalue weighted by Crippen LogP contribution is -2.12. The summed E-state index contributed by atoms with van der Waals surface area (Å²) in [5.41, 5.74) is 3.30. The summed E-state index contributed by atoms with van der Waals surface area (Å²) in [6.45, 7) is 2.72. The topological polar surface area (TPSA) is 75.6 Å². The fourth-order valence-electron chi connectivity index (χ4n) is 2.12. The van der Waals surface area contributed by atoms with Crippen molar-refractivity contribution in [1.29, 1.82) is 0 Å². The number of carbonyl (C=O) groups is 1. The lowest BCUT2D eigenvalue weighted by molar-refractivity contribution is 0.102. The van der Waals surface area contributed by atoms with Crippen molar-refractivity contribution in [3.63, 3.8) is 0 Å². The Balaban J connectivity index is 1.71. The number of aromatic nitrogens is 4. The van der Waals surface area contributed by atoms with E-state index in [0.717, 1.165) is 0 Å². The van der Waals surface area contributed by atoms with Gasteiger partial charge in [0.1, 0.15) is 4.60 Å². The van der Waals surface area contributed by atoms with Crippen molar-refractivity contribution in [2.45, 2.75) is 13.5 Å². The molecule has 0 saturated carbocycles. The van der Waals surface area contributed by atoms with Gasteiger partial charge in [-0.3, -0.25) is 14.6 Å². The SMILES string of the molecule is Cc1ccccc1Cn1cc(NC(=O)c2n[nH]c(Br)c2Br)cn1. The summed E-state index contributed by atoms with van der Waals surface area (Å²) in [5.74, 6) is -0.311. The monoisotopic (exact) mass is 437 g/mol. The Bertz CT molecular complexity index is 855. The van der Waals surface area contributed by atoms with Crippen molar-refractivity contribution in [1.82, 2.24) is 20.0 Å². The third-order valence-electron chi connectivity index (χ3n) is 3.37. The van der Waals surface area contributed by atoms with Gasteiger partial charge in [-0.05, 0) is 49.9 Å². The van der Waals surface area contributed by atoms with Crippen molar-refractivity contribution in [3.8, 4) is 0 Å². The summed E-state index contributed by atoms with van der Waals surface area (Å²) < 4.78 is 2.99. The molecule has 1 amide bonds. The number of carbonyl (C=O) groups excluding carboxylic acids is 1. The molecule has 6 nitrogen and oxygen atoms in total. The quantitative estimate of drug-likeness (QED) is 0.651. The highest BCUT2D eigenvalue weighted by molar-refractivity contribution is 9.13. The van der Waals surface area contributed by atoms with E-state index in [2.05, 4.69) is 71.5 Å². The van der Waals surface area contributed by atoms with Crippen LogP contribution in [0.1, 0.15) is 21.6 Å². The number of H-pyrrole nitrogens is 1. The summed E-state index contributed by atoms with van der Waals surface area (Å²) in [6, 6.07) is 8.14. The molecule has 0 fully saturated rings. The Hall–Kier alpha value is -1.93. The van der Waals surface area contributed by atoms with Gasteiger partial charge in [0.2, 0.25) is 0 Å². The maximum Gasteiger partial charge on any atom is 0.277 e. The fraction of sp³-hybridized carbons (Fsp3) is 0.133. The summed E-state index contributed by atoms with van der Waals surface area (Å²) in [7, 11) is 0. The molecule has 1 aromatic carbocycles. The number of hydrogen-bond acceptors (Lipinski definition) is 3. The van der Waals surface area contributed by atoms with Crippen molar-refractivity contribution in [2.24, 2.45) is 0 Å². The highest BCUT2D eigenvalue weighted by atomic mass is 79.9. The summed E-state index contributed by atoms with van der Waals surface area (Å²) in [4.78, 5) is 12.2. The zero-order valence-electron chi connectivity index (χ0n) is 12.2. The second-order valence-electron chi connectivity index (χ2n) is 5.01. The van der Waals surface area contributed by atoms with Crippen LogP contribution >= 0.6 is 31.9 Å². The van der Waals surface area contributed by atoms with Crippen LogP contribution in [-0.2, 0) is 6.54 Å². The van der Waals surface area contributed by atoms with Crippen LogP contribution in [0.3, 0.4) is 0 Å². The standard InChI is InChI=1S/C15H13Br2N5O/c1-9-4-2-3-5-10(9)7-22-8-11(6-18-22)19-15(23)13-12(16)14(17)21-20-13/h2-6,8H,7H2,1H3,(H,19,23)(H,20,21). The first-order chi connectivity index (χ1) is 11.0. The van der Waals surface area contributed by atoms with E-state index in [0.29, 0.717) is 21.3 Å². The van der Waals surface area contributed by atoms with Crippen LogP contribution in [-0.4, -0.2) is 25.9 Å². The molecule has 23 heavy (non-hydrogen) atoms. The second kappa shape index (κ2) is 6.67. The van der Waals surface area contributed by atoms with Crippen molar-refractivity contribution >= 4 is 43.5 Å². The highest BCUT2D eigenvalue weighted by Gasteiger charge is 2.17. The van der Waals surface area contributed by atoms with Gasteiger partial charge < -0.3 is 5.32 Å². The molecule has 0 saturated heterocycles. The summed E-state index contributed by atoms with van der Waals surface area (Å²) >= 11 is 6.56. The number of amides is 1. The van der Waals surface area contributed by atoms with E-state index < -0.39 is 0 Å². The van der Waals surface area contributed by atoms with E-state index in [9.17, 15) is 4.79 Å². The lowest BCUT2D eigenvalue weighted by atomic mass is 10.1. The summed E-state index contributed by atoms with van der Waals surface area (Å²) in [5, 5.41) is 13.7. The largest absolute Gasteiger partial charge is 0.318 e. The number of halogens is 2. The predicted octanol–water partition coefficient (Wildman–Crippen LogP) is 3.74. The van der Waals surface area contributed by atoms with Crippen molar-refractivity contribution < 1.29 is 4.79 Å². The summed E-state index contributed by atoms with van der Waals surface area (Å²) in [6.07, 6.45) is 3.41. The van der Waals surface area contributed by atoms with Gasteiger partial charge in [-0.1, -0.05) is 24.3 Å². The van der Waals surface area contributed by atoms with E-state index in [1.807, 2.05) is 12.1 Å². The number of aromatic amines is 1. The number of rotatable bonds is 4. The van der Waals surface area contributed by atoms with Crippen molar-refractivity contribution in [2.75, 3.05) is 5.32 Å². The third kappa shape index (κ3) is 3.53. The highest BCUT2D eigenvalue weighted by Crippen LogP contribution is 2.24. The number of nitrogens with one attached hydrogen (secondary N) is 2. The molecule has 0 aliphatic heterocycles. The van der Waals surface area contributed by atoms with Gasteiger partial charge in [-0.2, -0.15) is 10.2 Å². The molecule has 3 rings (SSSR count). The molecule has 2 aromatic heterocycles. The minimum Gasteiger partial charge on any atom is -0.318 e. The van der Waals surface area contributed by atoms with E-state index in [4.69, 9.17) is 0 Å². The minimum atomic E-state index is -0.311. The van der Waals surface area contributed by atoms with E-state index in [1.165, 1.54) is 11.1 Å². The van der Waals surface area contributed by atoms with Gasteiger partial charge in [0.15, 0.2) is 5.69 Å². The Labute approximate surface area is 149 Å². The zero-order chi connectivity index (χ0) is 16.4. The maximum absolute atomic E-state index is 12.2. The van der Waals surface area contributed by atoms with Gasteiger partial charge in [0, 0.05) is 6.20 Å². The molecular formula is C15H13Br2N5O.